The van der Waals surface area contributed by atoms with Gasteiger partial charge in [-0.15, -0.1) is 0 Å². The van der Waals surface area contributed by atoms with Crippen LogP contribution in [0.2, 0.25) is 0 Å². The number of rotatable bonds is 14. The molecule has 0 aromatic carbocycles. The molecule has 1 aromatic heterocycles. The lowest BCUT2D eigenvalue weighted by Gasteiger charge is -2.30. The maximum Gasteiger partial charge on any atom is 0.318 e. The van der Waals surface area contributed by atoms with Crippen molar-refractivity contribution < 1.29 is 9.84 Å². The number of β-amino-alcohol motifs (C(OH)–C–C–N with tert-alkyl or cyclic N) is 1. The van der Waals surface area contributed by atoms with Gasteiger partial charge in [0.15, 0.2) is 0 Å². The van der Waals surface area contributed by atoms with Crippen molar-refractivity contribution in [1.29, 1.82) is 0 Å². The number of hydrogen-bond acceptors (Lipinski definition) is 6. The monoisotopic (exact) mass is 622 g/mol. The Balaban J connectivity index is 0.00000533. The number of nitrogens with zero attached hydrogens (tertiary/aromatic N) is 4. The molecular formula is C31H51BrN4O2S. The molecule has 0 saturated carbocycles. The van der Waals surface area contributed by atoms with Gasteiger partial charge in [0.2, 0.25) is 0 Å². The molecule has 1 saturated heterocycles. The first-order chi connectivity index (χ1) is 18.2. The second-order valence-electron chi connectivity index (χ2n) is 11.4. The average molecular weight is 624 g/mol. The van der Waals surface area contributed by atoms with Crippen molar-refractivity contribution in [1.82, 2.24) is 9.97 Å². The molecule has 2 aliphatic rings. The van der Waals surface area contributed by atoms with Gasteiger partial charge in [-0.3, -0.25) is 4.99 Å². The molecule has 1 aliphatic carbocycles. The van der Waals surface area contributed by atoms with E-state index in [9.17, 15) is 5.11 Å². The van der Waals surface area contributed by atoms with Crippen LogP contribution in [0.25, 0.3) is 11.6 Å². The van der Waals surface area contributed by atoms with Crippen LogP contribution in [-0.4, -0.2) is 52.6 Å². The van der Waals surface area contributed by atoms with Gasteiger partial charge in [0.25, 0.3) is 0 Å². The van der Waals surface area contributed by atoms with Crippen LogP contribution < -0.4 is 9.64 Å². The van der Waals surface area contributed by atoms with E-state index in [0.29, 0.717) is 19.2 Å². The van der Waals surface area contributed by atoms with Crippen LogP contribution in [0.15, 0.2) is 15.6 Å². The number of aliphatic hydroxyl groups is 1. The van der Waals surface area contributed by atoms with Gasteiger partial charge in [-0.05, 0) is 61.5 Å². The molecule has 1 fully saturated rings. The number of hydrogen-bond donors (Lipinski definition) is 1. The number of aromatic nitrogens is 2. The standard InChI is InChI=1S/C31H49BrN4O2.H2S/c1-7-11-13-14-17-31(6,16-12-8-2)21-38-30-34-26-19-25(32)28(33-22(5)9-3)24(10-4)27(26)29(35-30)36-18-15-23(37)20-36;/h10,19,22-23,37H,7-9,11-18,20-21H2,1-6H3;1H2/b24-10-,33-28?;. The molecule has 3 atom stereocenters. The Morgan fingerprint density at radius 2 is 1.90 bits per heavy atom. The van der Waals surface area contributed by atoms with Gasteiger partial charge in [0.1, 0.15) is 5.82 Å². The van der Waals surface area contributed by atoms with E-state index in [1.165, 1.54) is 38.5 Å². The minimum atomic E-state index is -0.349. The molecule has 3 rings (SSSR count). The molecular weight excluding hydrogens is 572 g/mol. The second-order valence-corrected chi connectivity index (χ2v) is 12.3. The predicted molar refractivity (Wildman–Crippen MR) is 175 cm³/mol. The third kappa shape index (κ3) is 9.06. The van der Waals surface area contributed by atoms with Crippen LogP contribution in [-0.2, 0) is 0 Å². The van der Waals surface area contributed by atoms with Crippen LogP contribution in [0.4, 0.5) is 5.82 Å². The average Bonchev–Trinajstić information content (AvgIpc) is 3.35. The number of unbranched alkanes of at least 4 members (excludes halogenated alkanes) is 4. The van der Waals surface area contributed by atoms with Crippen molar-refractivity contribution in [3.8, 4) is 6.01 Å². The summed E-state index contributed by atoms with van der Waals surface area (Å²) in [6.45, 7) is 15.1. The number of fused-ring (bicyclic) bond motifs is 1. The fourth-order valence-electron chi connectivity index (χ4n) is 5.29. The van der Waals surface area contributed by atoms with Gasteiger partial charge < -0.3 is 14.7 Å². The summed E-state index contributed by atoms with van der Waals surface area (Å²) >= 11 is 3.78. The Morgan fingerprint density at radius 1 is 1.18 bits per heavy atom. The fraction of sp³-hybridized carbons (Fsp3) is 0.710. The van der Waals surface area contributed by atoms with E-state index in [0.717, 1.165) is 65.1 Å². The lowest BCUT2D eigenvalue weighted by molar-refractivity contribution is 0.125. The summed E-state index contributed by atoms with van der Waals surface area (Å²) in [5.74, 6) is 0.834. The van der Waals surface area contributed by atoms with Gasteiger partial charge in [0.05, 0.1) is 29.7 Å². The largest absolute Gasteiger partial charge is 0.463 e. The van der Waals surface area contributed by atoms with E-state index in [-0.39, 0.29) is 31.1 Å². The zero-order valence-corrected chi connectivity index (χ0v) is 27.6. The third-order valence-corrected chi connectivity index (χ3v) is 8.53. The molecule has 3 unspecified atom stereocenters. The molecule has 6 nitrogen and oxygen atoms in total. The number of anilines is 1. The van der Waals surface area contributed by atoms with Crippen molar-refractivity contribution in [3.05, 3.63) is 21.8 Å². The van der Waals surface area contributed by atoms with Gasteiger partial charge in [-0.1, -0.05) is 72.3 Å². The first-order valence-electron chi connectivity index (χ1n) is 14.8. The normalized spacial score (nSPS) is 21.4. The summed E-state index contributed by atoms with van der Waals surface area (Å²) < 4.78 is 7.36. The fourth-order valence-corrected chi connectivity index (χ4v) is 5.82. The highest BCUT2D eigenvalue weighted by atomic mass is 79.9. The van der Waals surface area contributed by atoms with E-state index in [2.05, 4.69) is 67.6 Å². The summed E-state index contributed by atoms with van der Waals surface area (Å²) in [4.78, 5) is 17.1. The lowest BCUT2D eigenvalue weighted by atomic mass is 9.81. The van der Waals surface area contributed by atoms with Crippen LogP contribution in [0.5, 0.6) is 6.01 Å². The van der Waals surface area contributed by atoms with E-state index in [1.54, 1.807) is 0 Å². The van der Waals surface area contributed by atoms with Crippen molar-refractivity contribution in [3.63, 3.8) is 0 Å². The van der Waals surface area contributed by atoms with Crippen molar-refractivity contribution in [2.45, 2.75) is 118 Å². The minimum Gasteiger partial charge on any atom is -0.463 e. The topological polar surface area (TPSA) is 70.8 Å². The Hall–Kier alpha value is -1.38. The molecule has 0 spiro atoms. The SMILES string of the molecule is C/C=C1\C(=NC(C)CC)C(Br)=Cc2nc(OCC(C)(CCCC)CCCCCC)nc(N3CCC(O)C3)c21.S. The van der Waals surface area contributed by atoms with Crippen LogP contribution in [0, 0.1) is 5.41 Å². The summed E-state index contributed by atoms with van der Waals surface area (Å²) in [5, 5.41) is 10.3. The molecule has 8 heteroatoms. The van der Waals surface area contributed by atoms with E-state index < -0.39 is 0 Å². The van der Waals surface area contributed by atoms with Gasteiger partial charge in [-0.25, -0.2) is 0 Å². The van der Waals surface area contributed by atoms with Crippen LogP contribution in [0.1, 0.15) is 117 Å². The third-order valence-electron chi connectivity index (χ3n) is 7.92. The van der Waals surface area contributed by atoms with Crippen molar-refractivity contribution in [2.24, 2.45) is 10.4 Å². The zero-order valence-electron chi connectivity index (χ0n) is 25.0. The summed E-state index contributed by atoms with van der Waals surface area (Å²) in [6, 6.07) is 0.631. The first-order valence-corrected chi connectivity index (χ1v) is 15.6. The zero-order chi connectivity index (χ0) is 27.7. The Labute approximate surface area is 252 Å². The van der Waals surface area contributed by atoms with Crippen molar-refractivity contribution >= 4 is 52.6 Å². The molecule has 0 radical (unpaired) electrons. The highest BCUT2D eigenvalue weighted by Gasteiger charge is 2.32. The molecule has 2 heterocycles. The summed E-state index contributed by atoms with van der Waals surface area (Å²) in [5.41, 5.74) is 3.89. The highest BCUT2D eigenvalue weighted by molar-refractivity contribution is 9.12. The summed E-state index contributed by atoms with van der Waals surface area (Å²) in [6.07, 6.45) is 15.3. The lowest BCUT2D eigenvalue weighted by Crippen LogP contribution is -2.28. The minimum absolute atomic E-state index is 0. The number of aliphatic hydroxyl groups excluding tert-OH is 1. The molecule has 1 N–H and O–H groups in total. The van der Waals surface area contributed by atoms with Gasteiger partial charge >= 0.3 is 6.01 Å². The first kappa shape index (κ1) is 33.8. The molecule has 39 heavy (non-hydrogen) atoms. The Morgan fingerprint density at radius 3 is 2.51 bits per heavy atom. The number of aliphatic imine (C=N–C) groups is 1. The van der Waals surface area contributed by atoms with Gasteiger partial charge in [0, 0.05) is 34.6 Å². The molecule has 220 valence electrons. The van der Waals surface area contributed by atoms with E-state index in [1.807, 2.05) is 6.92 Å². The predicted octanol–water partition coefficient (Wildman–Crippen LogP) is 8.10. The Kier molecular flexibility index (Phi) is 14.0. The maximum atomic E-state index is 10.3. The highest BCUT2D eigenvalue weighted by Crippen LogP contribution is 2.40. The number of ether oxygens (including phenoxy) is 1. The van der Waals surface area contributed by atoms with Gasteiger partial charge in [-0.2, -0.15) is 23.5 Å². The maximum absolute atomic E-state index is 10.3. The molecule has 0 amide bonds. The molecule has 1 aliphatic heterocycles. The van der Waals surface area contributed by atoms with E-state index in [4.69, 9.17) is 19.7 Å². The molecule has 1 aromatic rings. The second kappa shape index (κ2) is 16.2. The quantitative estimate of drug-likeness (QED) is 0.212. The van der Waals surface area contributed by atoms with Crippen LogP contribution in [0.3, 0.4) is 0 Å². The number of allylic oxidation sites excluding steroid dienone is 3. The Bertz CT molecular complexity index is 1030. The number of halogens is 1. The van der Waals surface area contributed by atoms with Crippen molar-refractivity contribution in [2.75, 3.05) is 24.6 Å². The smallest absolute Gasteiger partial charge is 0.318 e. The summed E-state index contributed by atoms with van der Waals surface area (Å²) in [7, 11) is 0. The molecule has 0 bridgehead atoms. The van der Waals surface area contributed by atoms with E-state index >= 15 is 0 Å². The van der Waals surface area contributed by atoms with Crippen LogP contribution >= 0.6 is 29.4 Å².